The van der Waals surface area contributed by atoms with Crippen molar-refractivity contribution >= 4 is 28.3 Å². The third kappa shape index (κ3) is 2.21. The van der Waals surface area contributed by atoms with E-state index in [9.17, 15) is 10.1 Å². The number of halogens is 1. The number of benzene rings is 2. The second-order valence-corrected chi connectivity index (χ2v) is 4.71. The van der Waals surface area contributed by atoms with E-state index in [1.807, 2.05) is 6.07 Å². The molecular formula is C13H8ClN3O3. The second kappa shape index (κ2) is 4.90. The molecule has 0 amide bonds. The summed E-state index contributed by atoms with van der Waals surface area (Å²) in [6.07, 6.45) is 0.389. The van der Waals surface area contributed by atoms with E-state index in [1.165, 1.54) is 0 Å². The first kappa shape index (κ1) is 12.6. The molecule has 1 heterocycles. The molecule has 7 heteroatoms. The van der Waals surface area contributed by atoms with Gasteiger partial charge >= 0.3 is 5.69 Å². The average Bonchev–Trinajstić information content (AvgIpc) is 2.86. The molecule has 100 valence electrons. The largest absolute Gasteiger partial charge is 0.304 e. The van der Waals surface area contributed by atoms with E-state index in [0.29, 0.717) is 22.5 Å². The lowest BCUT2D eigenvalue weighted by molar-refractivity contribution is -0.383. The van der Waals surface area contributed by atoms with Crippen LogP contribution in [0.1, 0.15) is 11.1 Å². The molecule has 0 fully saturated rings. The zero-order valence-electron chi connectivity index (χ0n) is 10.1. The van der Waals surface area contributed by atoms with Gasteiger partial charge in [0, 0.05) is 17.0 Å². The molecule has 20 heavy (non-hydrogen) atoms. The van der Waals surface area contributed by atoms with Gasteiger partial charge in [0.1, 0.15) is 5.52 Å². The lowest BCUT2D eigenvalue weighted by Crippen LogP contribution is -1.98. The first-order valence-corrected chi connectivity index (χ1v) is 6.16. The summed E-state index contributed by atoms with van der Waals surface area (Å²) in [6.45, 7) is 0. The summed E-state index contributed by atoms with van der Waals surface area (Å²) >= 11 is 5.92. The van der Waals surface area contributed by atoms with Crippen molar-refractivity contribution in [1.29, 1.82) is 0 Å². The fraction of sp³-hybridized carbons (Fsp3) is 0.0769. The first-order valence-electron chi connectivity index (χ1n) is 5.78. The fourth-order valence-electron chi connectivity index (χ4n) is 2.09. The zero-order valence-corrected chi connectivity index (χ0v) is 10.9. The molecule has 0 saturated heterocycles. The van der Waals surface area contributed by atoms with Crippen molar-refractivity contribution in [2.45, 2.75) is 6.42 Å². The Labute approximate surface area is 118 Å². The lowest BCUT2D eigenvalue weighted by atomic mass is 10.0. The highest BCUT2D eigenvalue weighted by molar-refractivity contribution is 6.30. The van der Waals surface area contributed by atoms with Crippen LogP contribution in [0.25, 0.3) is 11.0 Å². The maximum Gasteiger partial charge on any atom is 0.304 e. The highest BCUT2D eigenvalue weighted by atomic mass is 35.5. The van der Waals surface area contributed by atoms with Crippen molar-refractivity contribution in [3.05, 3.63) is 62.7 Å². The molecule has 0 aliphatic rings. The molecular weight excluding hydrogens is 282 g/mol. The highest BCUT2D eigenvalue weighted by Crippen LogP contribution is 2.29. The number of nitro groups is 1. The van der Waals surface area contributed by atoms with Crippen molar-refractivity contribution < 1.29 is 9.55 Å². The van der Waals surface area contributed by atoms with Crippen molar-refractivity contribution in [3.63, 3.8) is 0 Å². The number of nitro benzene ring substituents is 1. The molecule has 3 rings (SSSR count). The SMILES string of the molecule is O=[N+]([O-])c1c(Cc2cccc(Cl)c2)ccc2nonc12. The lowest BCUT2D eigenvalue weighted by Gasteiger charge is -2.03. The number of fused-ring (bicyclic) bond motifs is 1. The summed E-state index contributed by atoms with van der Waals surface area (Å²) in [5.41, 5.74) is 1.88. The predicted molar refractivity (Wildman–Crippen MR) is 72.7 cm³/mol. The summed E-state index contributed by atoms with van der Waals surface area (Å²) in [6, 6.07) is 10.5. The summed E-state index contributed by atoms with van der Waals surface area (Å²) in [5, 5.41) is 19.1. The van der Waals surface area contributed by atoms with Crippen LogP contribution in [0, 0.1) is 10.1 Å². The third-order valence-electron chi connectivity index (χ3n) is 2.95. The number of hydrogen-bond donors (Lipinski definition) is 0. The van der Waals surface area contributed by atoms with Crippen molar-refractivity contribution in [1.82, 2.24) is 10.3 Å². The number of aromatic nitrogens is 2. The average molecular weight is 290 g/mol. The Balaban J connectivity index is 2.11. The maximum atomic E-state index is 11.3. The van der Waals surface area contributed by atoms with Crippen LogP contribution in [0.2, 0.25) is 5.02 Å². The number of hydrogen-bond acceptors (Lipinski definition) is 5. The van der Waals surface area contributed by atoms with Gasteiger partial charge in [-0.1, -0.05) is 23.7 Å². The van der Waals surface area contributed by atoms with Crippen LogP contribution in [0.3, 0.4) is 0 Å². The Hall–Kier alpha value is -2.47. The Morgan fingerprint density at radius 2 is 2.10 bits per heavy atom. The molecule has 0 aliphatic heterocycles. The molecule has 0 spiro atoms. The van der Waals surface area contributed by atoms with E-state index in [4.69, 9.17) is 11.6 Å². The summed E-state index contributed by atoms with van der Waals surface area (Å²) < 4.78 is 4.55. The van der Waals surface area contributed by atoms with E-state index in [1.54, 1.807) is 30.3 Å². The van der Waals surface area contributed by atoms with Crippen LogP contribution in [-0.2, 0) is 6.42 Å². The number of nitrogens with zero attached hydrogens (tertiary/aromatic N) is 3. The Bertz CT molecular complexity index is 800. The number of rotatable bonds is 3. The molecule has 6 nitrogen and oxygen atoms in total. The molecule has 0 atom stereocenters. The van der Waals surface area contributed by atoms with Crippen LogP contribution in [0.4, 0.5) is 5.69 Å². The van der Waals surface area contributed by atoms with Gasteiger partial charge in [0.2, 0.25) is 5.52 Å². The van der Waals surface area contributed by atoms with Crippen molar-refractivity contribution in [2.24, 2.45) is 0 Å². The second-order valence-electron chi connectivity index (χ2n) is 4.27. The van der Waals surface area contributed by atoms with E-state index >= 15 is 0 Å². The molecule has 0 saturated carbocycles. The van der Waals surface area contributed by atoms with Crippen molar-refractivity contribution in [2.75, 3.05) is 0 Å². The van der Waals surface area contributed by atoms with Crippen LogP contribution in [-0.4, -0.2) is 15.2 Å². The minimum atomic E-state index is -0.466. The van der Waals surface area contributed by atoms with Gasteiger partial charge in [-0.25, -0.2) is 4.63 Å². The Morgan fingerprint density at radius 3 is 2.85 bits per heavy atom. The monoisotopic (exact) mass is 289 g/mol. The molecule has 1 aromatic heterocycles. The van der Waals surface area contributed by atoms with E-state index in [0.717, 1.165) is 5.56 Å². The maximum absolute atomic E-state index is 11.3. The Morgan fingerprint density at radius 1 is 1.25 bits per heavy atom. The summed E-state index contributed by atoms with van der Waals surface area (Å²) in [7, 11) is 0. The van der Waals surface area contributed by atoms with Gasteiger partial charge in [-0.05, 0) is 40.1 Å². The first-order chi connectivity index (χ1) is 9.65. The normalized spacial score (nSPS) is 10.8. The smallest absolute Gasteiger partial charge is 0.258 e. The molecule has 0 aliphatic carbocycles. The van der Waals surface area contributed by atoms with Gasteiger partial charge in [-0.3, -0.25) is 10.1 Å². The Kier molecular flexibility index (Phi) is 3.08. The highest BCUT2D eigenvalue weighted by Gasteiger charge is 2.22. The van der Waals surface area contributed by atoms with Crippen LogP contribution < -0.4 is 0 Å². The zero-order chi connectivity index (χ0) is 14.1. The van der Waals surface area contributed by atoms with Gasteiger partial charge in [-0.2, -0.15) is 0 Å². The topological polar surface area (TPSA) is 82.1 Å². The van der Waals surface area contributed by atoms with Gasteiger partial charge in [0.05, 0.1) is 4.92 Å². The fourth-order valence-corrected chi connectivity index (χ4v) is 2.31. The van der Waals surface area contributed by atoms with Crippen LogP contribution in [0.5, 0.6) is 0 Å². The molecule has 0 unspecified atom stereocenters. The van der Waals surface area contributed by atoms with E-state index in [-0.39, 0.29) is 11.2 Å². The van der Waals surface area contributed by atoms with Crippen LogP contribution in [0.15, 0.2) is 41.0 Å². The summed E-state index contributed by atoms with van der Waals surface area (Å²) in [4.78, 5) is 10.8. The molecule has 0 radical (unpaired) electrons. The standard InChI is InChI=1S/C13H8ClN3O3/c14-10-3-1-2-8(7-10)6-9-4-5-11-12(16-20-15-11)13(9)17(18)19/h1-5,7H,6H2. The molecule has 2 aromatic carbocycles. The van der Waals surface area contributed by atoms with Gasteiger partial charge < -0.3 is 0 Å². The molecule has 3 aromatic rings. The summed E-state index contributed by atoms with van der Waals surface area (Å²) in [5.74, 6) is 0. The van der Waals surface area contributed by atoms with Gasteiger partial charge in [0.25, 0.3) is 0 Å². The van der Waals surface area contributed by atoms with Gasteiger partial charge in [-0.15, -0.1) is 0 Å². The van der Waals surface area contributed by atoms with E-state index in [2.05, 4.69) is 14.9 Å². The van der Waals surface area contributed by atoms with Gasteiger partial charge in [0.15, 0.2) is 0 Å². The van der Waals surface area contributed by atoms with Crippen molar-refractivity contribution in [3.8, 4) is 0 Å². The quantitative estimate of drug-likeness (QED) is 0.545. The van der Waals surface area contributed by atoms with Crippen LogP contribution >= 0.6 is 11.6 Å². The molecule has 0 bridgehead atoms. The predicted octanol–water partition coefficient (Wildman–Crippen LogP) is 3.38. The minimum absolute atomic E-state index is 0.0799. The van der Waals surface area contributed by atoms with E-state index < -0.39 is 4.92 Å². The molecule has 0 N–H and O–H groups in total. The minimum Gasteiger partial charge on any atom is -0.258 e. The third-order valence-corrected chi connectivity index (χ3v) is 3.19.